The summed E-state index contributed by atoms with van der Waals surface area (Å²) in [5.41, 5.74) is 3.30. The highest BCUT2D eigenvalue weighted by Crippen LogP contribution is 2.29. The molecule has 11 heteroatoms. The van der Waals surface area contributed by atoms with E-state index in [2.05, 4.69) is 20.7 Å². The van der Waals surface area contributed by atoms with E-state index in [1.54, 1.807) is 16.8 Å². The van der Waals surface area contributed by atoms with Crippen LogP contribution in [0, 0.1) is 5.95 Å². The molecule has 0 spiro atoms. The summed E-state index contributed by atoms with van der Waals surface area (Å²) >= 11 is 0. The zero-order valence-corrected chi connectivity index (χ0v) is 19.6. The van der Waals surface area contributed by atoms with Crippen LogP contribution < -0.4 is 10.6 Å². The molecule has 4 heterocycles. The number of sulfonamides is 1. The maximum atomic E-state index is 13.2. The molecule has 2 N–H and O–H groups in total. The van der Waals surface area contributed by atoms with Crippen molar-refractivity contribution in [3.63, 3.8) is 0 Å². The molecule has 4 rings (SSSR count). The maximum absolute atomic E-state index is 13.2. The minimum Gasteiger partial charge on any atom is -0.380 e. The first kappa shape index (κ1) is 23.1. The summed E-state index contributed by atoms with van der Waals surface area (Å²) in [5, 5.41) is 10.8. The van der Waals surface area contributed by atoms with Crippen LogP contribution >= 0.6 is 0 Å². The normalized spacial score (nSPS) is 15.8. The maximum Gasteiger partial charge on any atom is 0.255 e. The van der Waals surface area contributed by atoms with E-state index in [9.17, 15) is 17.6 Å². The number of aromatic nitrogens is 3. The van der Waals surface area contributed by atoms with Gasteiger partial charge in [0.15, 0.2) is 0 Å². The first-order valence-electron chi connectivity index (χ1n) is 10.8. The van der Waals surface area contributed by atoms with Gasteiger partial charge in [0, 0.05) is 48.7 Å². The van der Waals surface area contributed by atoms with Crippen LogP contribution in [0.1, 0.15) is 37.0 Å². The number of halogens is 1. The molecule has 1 saturated heterocycles. The molecule has 3 aromatic heterocycles. The predicted octanol–water partition coefficient (Wildman–Crippen LogP) is 2.51. The van der Waals surface area contributed by atoms with E-state index in [0.29, 0.717) is 42.7 Å². The minimum absolute atomic E-state index is 0.0617. The van der Waals surface area contributed by atoms with Gasteiger partial charge in [-0.15, -0.1) is 0 Å². The Morgan fingerprint density at radius 2 is 1.91 bits per heavy atom. The molecule has 0 bridgehead atoms. The van der Waals surface area contributed by atoms with Gasteiger partial charge in [0.25, 0.3) is 5.91 Å². The molecule has 1 amide bonds. The Morgan fingerprint density at radius 1 is 1.18 bits per heavy atom. The van der Waals surface area contributed by atoms with Crippen molar-refractivity contribution in [2.75, 3.05) is 24.7 Å². The van der Waals surface area contributed by atoms with Gasteiger partial charge < -0.3 is 10.6 Å². The smallest absolute Gasteiger partial charge is 0.255 e. The summed E-state index contributed by atoms with van der Waals surface area (Å²) in [4.78, 5) is 16.9. The third-order valence-electron chi connectivity index (χ3n) is 5.63. The van der Waals surface area contributed by atoms with Gasteiger partial charge in [0.05, 0.1) is 29.2 Å². The fraction of sp³-hybridized carbons (Fsp3) is 0.409. The van der Waals surface area contributed by atoms with Gasteiger partial charge in [-0.2, -0.15) is 9.49 Å². The molecule has 176 valence electrons. The molecule has 0 radical (unpaired) electrons. The highest BCUT2D eigenvalue weighted by atomic mass is 32.2. The summed E-state index contributed by atoms with van der Waals surface area (Å²) in [5.74, 6) is -0.818. The van der Waals surface area contributed by atoms with Crippen LogP contribution in [0.4, 0.5) is 10.1 Å². The molecule has 1 fully saturated rings. The van der Waals surface area contributed by atoms with Crippen LogP contribution in [0.3, 0.4) is 0 Å². The Hall–Kier alpha value is -3.05. The molecule has 9 nitrogen and oxygen atoms in total. The van der Waals surface area contributed by atoms with Gasteiger partial charge in [0.2, 0.25) is 16.0 Å². The Bertz CT molecular complexity index is 1270. The SMILES string of the molecule is CC(C)Nc1c(C(=O)NC2CCN(S(C)(=O)=O)CC2)cnn2cc(-c3ccc(F)nc3)cc12. The van der Waals surface area contributed by atoms with Gasteiger partial charge in [-0.1, -0.05) is 0 Å². The number of fused-ring (bicyclic) bond motifs is 1. The lowest BCUT2D eigenvalue weighted by atomic mass is 10.1. The molecule has 33 heavy (non-hydrogen) atoms. The number of hydrogen-bond acceptors (Lipinski definition) is 6. The van der Waals surface area contributed by atoms with E-state index in [1.165, 1.54) is 29.0 Å². The quantitative estimate of drug-likeness (QED) is 0.532. The fourth-order valence-corrected chi connectivity index (χ4v) is 4.84. The molecular formula is C22H27FN6O3S. The molecule has 0 saturated carbocycles. The largest absolute Gasteiger partial charge is 0.380 e. The van der Waals surface area contributed by atoms with Gasteiger partial charge >= 0.3 is 0 Å². The van der Waals surface area contributed by atoms with Crippen LogP contribution in [0.25, 0.3) is 16.6 Å². The summed E-state index contributed by atoms with van der Waals surface area (Å²) in [6.07, 6.45) is 7.08. The van der Waals surface area contributed by atoms with E-state index < -0.39 is 16.0 Å². The lowest BCUT2D eigenvalue weighted by Gasteiger charge is -2.30. The van der Waals surface area contributed by atoms with Crippen molar-refractivity contribution in [3.8, 4) is 11.1 Å². The van der Waals surface area contributed by atoms with Crippen LogP contribution in [0.5, 0.6) is 0 Å². The third-order valence-corrected chi connectivity index (χ3v) is 6.94. The Kier molecular flexibility index (Phi) is 6.35. The lowest BCUT2D eigenvalue weighted by molar-refractivity contribution is 0.0924. The van der Waals surface area contributed by atoms with Gasteiger partial charge in [-0.05, 0) is 44.9 Å². The topological polar surface area (TPSA) is 109 Å². The van der Waals surface area contributed by atoms with Crippen molar-refractivity contribution in [1.82, 2.24) is 24.2 Å². The first-order valence-corrected chi connectivity index (χ1v) is 12.6. The molecule has 3 aromatic rings. The number of piperidine rings is 1. The minimum atomic E-state index is -3.22. The van der Waals surface area contributed by atoms with Crippen molar-refractivity contribution in [2.24, 2.45) is 0 Å². The number of rotatable bonds is 6. The monoisotopic (exact) mass is 474 g/mol. The third kappa shape index (κ3) is 5.14. The molecule has 0 aliphatic carbocycles. The molecule has 0 aromatic carbocycles. The number of hydrogen-bond donors (Lipinski definition) is 2. The molecular weight excluding hydrogens is 447 g/mol. The summed E-state index contributed by atoms with van der Waals surface area (Å²) < 4.78 is 39.8. The molecule has 0 unspecified atom stereocenters. The molecule has 1 aliphatic heterocycles. The van der Waals surface area contributed by atoms with E-state index in [1.807, 2.05) is 19.9 Å². The predicted molar refractivity (Wildman–Crippen MR) is 124 cm³/mol. The number of anilines is 1. The highest BCUT2D eigenvalue weighted by Gasteiger charge is 2.27. The lowest BCUT2D eigenvalue weighted by Crippen LogP contribution is -2.46. The van der Waals surface area contributed by atoms with Gasteiger partial charge in [0.1, 0.15) is 0 Å². The van der Waals surface area contributed by atoms with Crippen LogP contribution in [0.15, 0.2) is 36.8 Å². The number of amides is 1. The van der Waals surface area contributed by atoms with Crippen LogP contribution in [-0.2, 0) is 10.0 Å². The number of carbonyl (C=O) groups excluding carboxylic acids is 1. The van der Waals surface area contributed by atoms with Crippen LogP contribution in [-0.4, -0.2) is 64.7 Å². The van der Waals surface area contributed by atoms with E-state index >= 15 is 0 Å². The number of nitrogens with zero attached hydrogens (tertiary/aromatic N) is 4. The second kappa shape index (κ2) is 9.06. The van der Waals surface area contributed by atoms with Crippen molar-refractivity contribution >= 4 is 27.1 Å². The highest BCUT2D eigenvalue weighted by molar-refractivity contribution is 7.88. The zero-order valence-electron chi connectivity index (χ0n) is 18.7. The zero-order chi connectivity index (χ0) is 23.8. The standard InChI is InChI=1S/C22H27FN6O3S/c1-14(2)26-21-18(22(30)27-17-6-8-28(9-7-17)33(3,31)32)12-25-29-13-16(10-19(21)29)15-4-5-20(23)24-11-15/h4-5,10-14,17,26H,6-9H2,1-3H3,(H,27,30). The molecule has 1 aliphatic rings. The van der Waals surface area contributed by atoms with E-state index in [0.717, 1.165) is 11.1 Å². The second-order valence-corrected chi connectivity index (χ2v) is 10.6. The van der Waals surface area contributed by atoms with E-state index in [4.69, 9.17) is 0 Å². The molecule has 0 atom stereocenters. The Morgan fingerprint density at radius 3 is 2.52 bits per heavy atom. The Labute approximate surface area is 192 Å². The summed E-state index contributed by atoms with van der Waals surface area (Å²) in [6, 6.07) is 4.77. The van der Waals surface area contributed by atoms with Crippen molar-refractivity contribution in [1.29, 1.82) is 0 Å². The van der Waals surface area contributed by atoms with Gasteiger partial charge in [-0.25, -0.2) is 22.2 Å². The fourth-order valence-electron chi connectivity index (χ4n) is 3.97. The van der Waals surface area contributed by atoms with Gasteiger partial charge in [-0.3, -0.25) is 4.79 Å². The second-order valence-electron chi connectivity index (χ2n) is 8.57. The van der Waals surface area contributed by atoms with Crippen LogP contribution in [0.2, 0.25) is 0 Å². The average Bonchev–Trinajstić information content (AvgIpc) is 3.18. The first-order chi connectivity index (χ1) is 15.6. The summed E-state index contributed by atoms with van der Waals surface area (Å²) in [6.45, 7) is 4.72. The number of carbonyl (C=O) groups is 1. The van der Waals surface area contributed by atoms with Crippen molar-refractivity contribution in [2.45, 2.75) is 38.8 Å². The average molecular weight is 475 g/mol. The Balaban J connectivity index is 1.61. The summed E-state index contributed by atoms with van der Waals surface area (Å²) in [7, 11) is -3.22. The number of pyridine rings is 1. The number of nitrogens with one attached hydrogen (secondary N) is 2. The van der Waals surface area contributed by atoms with E-state index in [-0.39, 0.29) is 18.0 Å². The van der Waals surface area contributed by atoms with Crippen molar-refractivity contribution in [3.05, 3.63) is 48.3 Å². The van der Waals surface area contributed by atoms with Crippen molar-refractivity contribution < 1.29 is 17.6 Å².